The number of aromatic nitrogens is 2. The molecule has 6 aliphatic rings. The van der Waals surface area contributed by atoms with Gasteiger partial charge in [-0.1, -0.05) is 31.1 Å². The van der Waals surface area contributed by atoms with Crippen LogP contribution in [0.15, 0.2) is 47.9 Å². The molecular weight excluding hydrogens is 769 g/mol. The molecule has 3 N–H and O–H groups in total. The van der Waals surface area contributed by atoms with Gasteiger partial charge in [0.1, 0.15) is 41.2 Å². The first-order valence-corrected chi connectivity index (χ1v) is 22.1. The zero-order valence-electron chi connectivity index (χ0n) is 32.7. The maximum Gasteiger partial charge on any atom is 0.408 e. The second-order valence-electron chi connectivity index (χ2n) is 16.7. The third-order valence-corrected chi connectivity index (χ3v) is 14.7. The molecule has 0 spiro atoms. The topological polar surface area (TPSA) is 204 Å². The van der Waals surface area contributed by atoms with Crippen LogP contribution in [-0.4, -0.2) is 95.3 Å². The highest BCUT2D eigenvalue weighted by atomic mass is 32.2. The summed E-state index contributed by atoms with van der Waals surface area (Å²) in [4.78, 5) is 76.8. The summed E-state index contributed by atoms with van der Waals surface area (Å²) >= 11 is 0. The molecule has 17 heteroatoms. The Balaban J connectivity index is 1.15. The summed E-state index contributed by atoms with van der Waals surface area (Å²) in [7, 11) is -2.42. The number of methoxy groups -OCH3 is 1. The molecule has 8 rings (SSSR count). The van der Waals surface area contributed by atoms with Crippen molar-refractivity contribution in [2.45, 2.75) is 125 Å². The van der Waals surface area contributed by atoms with Crippen LogP contribution in [0.2, 0.25) is 0 Å². The fourth-order valence-corrected chi connectivity index (χ4v) is 10.7. The summed E-state index contributed by atoms with van der Waals surface area (Å²) < 4.78 is 47.1. The molecule has 2 aromatic rings. The van der Waals surface area contributed by atoms with Crippen molar-refractivity contribution in [2.75, 3.05) is 13.7 Å². The second-order valence-corrected chi connectivity index (χ2v) is 18.7. The minimum Gasteiger partial charge on any atom is -0.497 e. The van der Waals surface area contributed by atoms with Crippen molar-refractivity contribution in [1.29, 1.82) is 0 Å². The summed E-state index contributed by atoms with van der Waals surface area (Å²) in [6, 6.07) is 1.08. The van der Waals surface area contributed by atoms with Crippen LogP contribution in [0.3, 0.4) is 0 Å². The van der Waals surface area contributed by atoms with Crippen LogP contribution in [0.1, 0.15) is 89.0 Å². The van der Waals surface area contributed by atoms with Gasteiger partial charge in [-0.2, -0.15) is 4.98 Å². The van der Waals surface area contributed by atoms with Gasteiger partial charge in [-0.3, -0.25) is 28.3 Å². The molecule has 4 amide bonds. The lowest BCUT2D eigenvalue weighted by atomic mass is 9.96. The predicted molar refractivity (Wildman–Crippen MR) is 210 cm³/mol. The Morgan fingerprint density at radius 1 is 1.03 bits per heavy atom. The number of amides is 4. The number of rotatable bonds is 8. The van der Waals surface area contributed by atoms with E-state index in [1.54, 1.807) is 18.3 Å². The van der Waals surface area contributed by atoms with E-state index in [1.807, 2.05) is 12.2 Å². The van der Waals surface area contributed by atoms with Gasteiger partial charge in [0.2, 0.25) is 27.7 Å². The molecule has 4 aliphatic carbocycles. The number of pyridine rings is 1. The number of nitrogens with one attached hydrogen (secondary N) is 3. The van der Waals surface area contributed by atoms with E-state index in [9.17, 15) is 32.4 Å². The van der Waals surface area contributed by atoms with Gasteiger partial charge in [-0.25, -0.2) is 13.2 Å². The van der Waals surface area contributed by atoms with Gasteiger partial charge >= 0.3 is 6.09 Å². The number of nitrogens with zero attached hydrogens (tertiary/aromatic N) is 3. The quantitative estimate of drug-likeness (QED) is 0.331. The average Bonchev–Trinajstić information content (AvgIpc) is 3.99. The fourth-order valence-electron chi connectivity index (χ4n) is 9.35. The molecule has 2 bridgehead atoms. The van der Waals surface area contributed by atoms with Crippen LogP contribution in [0, 0.1) is 17.8 Å². The third kappa shape index (κ3) is 7.93. The maximum atomic E-state index is 14.9. The lowest BCUT2D eigenvalue weighted by Gasteiger charge is -2.32. The van der Waals surface area contributed by atoms with Gasteiger partial charge in [0, 0.05) is 31.0 Å². The molecule has 7 atom stereocenters. The number of hydrogen-bond acceptors (Lipinski definition) is 11. The van der Waals surface area contributed by atoms with Crippen molar-refractivity contribution in [2.24, 2.45) is 17.8 Å². The second kappa shape index (κ2) is 16.0. The molecule has 2 aliphatic heterocycles. The number of carbonyl (C=O) groups is 4. The number of hydrogen-bond donors (Lipinski definition) is 3. The predicted octanol–water partition coefficient (Wildman–Crippen LogP) is 3.07. The van der Waals surface area contributed by atoms with Crippen LogP contribution >= 0.6 is 0 Å². The Kier molecular flexibility index (Phi) is 11.0. The number of ether oxygens (including phenoxy) is 3. The number of fused-ring (bicyclic) bond motifs is 5. The Bertz CT molecular complexity index is 2180. The van der Waals surface area contributed by atoms with Crippen LogP contribution in [0.4, 0.5) is 4.79 Å². The zero-order valence-corrected chi connectivity index (χ0v) is 33.5. The minimum absolute atomic E-state index is 0.0472. The first kappa shape index (κ1) is 39.9. The highest BCUT2D eigenvalue weighted by Crippen LogP contribution is 2.46. The maximum absolute atomic E-state index is 14.9. The van der Waals surface area contributed by atoms with Gasteiger partial charge in [-0.15, -0.1) is 6.58 Å². The van der Waals surface area contributed by atoms with Crippen molar-refractivity contribution in [1.82, 2.24) is 29.6 Å². The summed E-state index contributed by atoms with van der Waals surface area (Å²) in [5, 5.41) is 5.07. The van der Waals surface area contributed by atoms with E-state index in [1.165, 1.54) is 22.5 Å². The number of sulfonamides is 1. The summed E-state index contributed by atoms with van der Waals surface area (Å²) in [6.45, 7) is 3.69. The largest absolute Gasteiger partial charge is 0.497 e. The summed E-state index contributed by atoms with van der Waals surface area (Å²) in [6.07, 6.45) is 13.5. The first-order chi connectivity index (χ1) is 27.9. The lowest BCUT2D eigenvalue weighted by molar-refractivity contribution is -0.142. The first-order valence-electron chi connectivity index (χ1n) is 20.6. The molecule has 1 saturated heterocycles. The molecule has 0 radical (unpaired) electrons. The van der Waals surface area contributed by atoms with Crippen LogP contribution in [0.25, 0.3) is 5.65 Å². The van der Waals surface area contributed by atoms with E-state index in [4.69, 9.17) is 19.2 Å². The van der Waals surface area contributed by atoms with Crippen LogP contribution < -0.4 is 30.4 Å². The van der Waals surface area contributed by atoms with Gasteiger partial charge < -0.3 is 29.7 Å². The van der Waals surface area contributed by atoms with E-state index in [2.05, 4.69) is 21.9 Å². The van der Waals surface area contributed by atoms with E-state index in [0.29, 0.717) is 49.8 Å². The van der Waals surface area contributed by atoms with E-state index in [0.717, 1.165) is 32.1 Å². The monoisotopic (exact) mass is 820 g/mol. The van der Waals surface area contributed by atoms with Gasteiger partial charge in [0.15, 0.2) is 0 Å². The SMILES string of the molecule is C=C[C@@H]1C[C@]1(NC(=O)[C@@H]1C[C@@H]2CN1C(=O)[C@H](C1CCCC1)NC(=O)O[C@@H]1CCC[C@H]1CCC=CCc1c(nc3cc(OC)ccn3c1=O)O2)C(=O)NS(=O)(=O)C1CC1. The summed E-state index contributed by atoms with van der Waals surface area (Å²) in [5.41, 5.74) is -1.35. The zero-order chi connectivity index (χ0) is 40.8. The molecule has 5 fully saturated rings. The molecular formula is C41H52N6O10S. The Morgan fingerprint density at radius 3 is 2.53 bits per heavy atom. The summed E-state index contributed by atoms with van der Waals surface area (Å²) in [5.74, 6) is -2.12. The van der Waals surface area contributed by atoms with E-state index < -0.39 is 68.7 Å². The molecule has 0 unspecified atom stereocenters. The minimum atomic E-state index is -3.93. The molecule has 312 valence electrons. The standard InChI is InChI=1S/C41H52N6O10S/c1-3-26-22-41(26,39(51)45-58(53,54)29-16-17-29)44-35(48)31-20-28-23-47(31)38(50)34(25-11-7-8-12-25)43-40(52)57-32-15-9-13-24(32)10-5-4-6-14-30-36(56-28)42-33-21-27(55-2)18-19-46(33)37(30)49/h3-4,6,18-19,21,24-26,28-29,31-32,34H,1,5,7-17,20,22-23H2,2H3,(H,43,52)(H,44,48)(H,45,51)/t24-,26-,28-,31+,32-,34+,41-/m1/s1. The number of alkyl carbamates (subject to hydrolysis) is 1. The number of carbonyl (C=O) groups excluding carboxylic acids is 4. The molecule has 16 nitrogen and oxygen atoms in total. The van der Waals surface area contributed by atoms with Crippen molar-refractivity contribution < 1.29 is 41.8 Å². The fraction of sp³-hybridized carbons (Fsp3) is 0.610. The van der Waals surface area contributed by atoms with Gasteiger partial charge in [-0.05, 0) is 82.1 Å². The van der Waals surface area contributed by atoms with Crippen LogP contribution in [-0.2, 0) is 35.6 Å². The molecule has 4 heterocycles. The van der Waals surface area contributed by atoms with E-state index >= 15 is 0 Å². The lowest BCUT2D eigenvalue weighted by Crippen LogP contribution is -2.59. The Labute approximate surface area is 337 Å². The Hall–Kier alpha value is -4.93. The third-order valence-electron chi connectivity index (χ3n) is 12.9. The average molecular weight is 821 g/mol. The normalized spacial score (nSPS) is 30.5. The Morgan fingerprint density at radius 2 is 1.81 bits per heavy atom. The highest BCUT2D eigenvalue weighted by molar-refractivity contribution is 7.91. The molecule has 4 saturated carbocycles. The van der Waals surface area contributed by atoms with Gasteiger partial charge in [0.25, 0.3) is 11.5 Å². The van der Waals surface area contributed by atoms with Crippen molar-refractivity contribution >= 4 is 39.5 Å². The molecule has 2 aromatic heterocycles. The van der Waals surface area contributed by atoms with Crippen molar-refractivity contribution in [3.63, 3.8) is 0 Å². The molecule has 58 heavy (non-hydrogen) atoms. The van der Waals surface area contributed by atoms with E-state index in [-0.39, 0.29) is 60.8 Å². The van der Waals surface area contributed by atoms with Crippen molar-refractivity contribution in [3.8, 4) is 11.6 Å². The molecule has 0 aromatic carbocycles. The number of allylic oxidation sites excluding steroid dienone is 2. The highest BCUT2D eigenvalue weighted by Gasteiger charge is 2.62. The van der Waals surface area contributed by atoms with Gasteiger partial charge in [0.05, 0.1) is 24.5 Å². The van der Waals surface area contributed by atoms with Crippen LogP contribution in [0.5, 0.6) is 11.6 Å². The smallest absolute Gasteiger partial charge is 0.408 e. The van der Waals surface area contributed by atoms with Crippen molar-refractivity contribution in [3.05, 3.63) is 59.1 Å².